The second kappa shape index (κ2) is 8.91. The van der Waals surface area contributed by atoms with E-state index in [9.17, 15) is 18.0 Å². The number of carbonyl (C=O) groups excluding carboxylic acids is 1. The zero-order valence-corrected chi connectivity index (χ0v) is 18.6. The van der Waals surface area contributed by atoms with Gasteiger partial charge in [0.15, 0.2) is 0 Å². The predicted molar refractivity (Wildman–Crippen MR) is 116 cm³/mol. The molecule has 1 atom stereocenters. The molecule has 0 heterocycles. The number of nitriles is 1. The van der Waals surface area contributed by atoms with Crippen LogP contribution >= 0.6 is 46.4 Å². The first-order valence-corrected chi connectivity index (χ1v) is 10.4. The third-order valence-corrected chi connectivity index (χ3v) is 6.26. The molecule has 1 aliphatic carbocycles. The molecule has 1 fully saturated rings. The molecule has 0 spiro atoms. The van der Waals surface area contributed by atoms with Crippen molar-refractivity contribution < 1.29 is 18.0 Å². The van der Waals surface area contributed by atoms with Crippen LogP contribution in [0.1, 0.15) is 40.2 Å². The number of alkyl halides is 3. The molecule has 3 nitrogen and oxygen atoms in total. The number of amides is 1. The van der Waals surface area contributed by atoms with Crippen molar-refractivity contribution in [3.8, 4) is 6.07 Å². The van der Waals surface area contributed by atoms with E-state index in [2.05, 4.69) is 5.32 Å². The minimum atomic E-state index is -4.61. The molecule has 0 saturated heterocycles. The van der Waals surface area contributed by atoms with Gasteiger partial charge in [0.25, 0.3) is 5.91 Å². The Balaban J connectivity index is 1.85. The highest BCUT2D eigenvalue weighted by atomic mass is 35.5. The van der Waals surface area contributed by atoms with E-state index < -0.39 is 23.5 Å². The number of halogens is 7. The van der Waals surface area contributed by atoms with Crippen LogP contribution in [0.4, 0.5) is 13.2 Å². The van der Waals surface area contributed by atoms with Crippen molar-refractivity contribution in [2.45, 2.75) is 30.5 Å². The lowest BCUT2D eigenvalue weighted by molar-refractivity contribution is -0.139. The number of hydrogen-bond donors (Lipinski definition) is 1. The highest BCUT2D eigenvalue weighted by Crippen LogP contribution is 2.41. The quantitative estimate of drug-likeness (QED) is 0.427. The van der Waals surface area contributed by atoms with Crippen LogP contribution in [0.5, 0.6) is 0 Å². The zero-order valence-electron chi connectivity index (χ0n) is 15.5. The van der Waals surface area contributed by atoms with Gasteiger partial charge in [0.2, 0.25) is 0 Å². The van der Waals surface area contributed by atoms with Crippen LogP contribution in [0.25, 0.3) is 6.08 Å². The van der Waals surface area contributed by atoms with Gasteiger partial charge < -0.3 is 5.32 Å². The molecule has 31 heavy (non-hydrogen) atoms. The number of nitrogens with one attached hydrogen (secondary N) is 1. The number of benzene rings is 2. The van der Waals surface area contributed by atoms with Gasteiger partial charge in [0, 0.05) is 0 Å². The first-order valence-electron chi connectivity index (χ1n) is 8.88. The van der Waals surface area contributed by atoms with Crippen LogP contribution in [0, 0.1) is 11.3 Å². The Labute approximate surface area is 196 Å². The van der Waals surface area contributed by atoms with Crippen molar-refractivity contribution >= 4 is 58.4 Å². The zero-order chi connectivity index (χ0) is 23.0. The van der Waals surface area contributed by atoms with Gasteiger partial charge in [0.05, 0.1) is 37.6 Å². The van der Waals surface area contributed by atoms with E-state index in [0.717, 1.165) is 18.2 Å². The Bertz CT molecular complexity index is 1080. The lowest BCUT2D eigenvalue weighted by Gasteiger charge is -2.18. The number of hydrogen-bond acceptors (Lipinski definition) is 2. The summed E-state index contributed by atoms with van der Waals surface area (Å²) in [4.78, 5) is 12.3. The topological polar surface area (TPSA) is 52.9 Å². The van der Waals surface area contributed by atoms with Crippen LogP contribution in [-0.4, -0.2) is 17.6 Å². The van der Waals surface area contributed by atoms with Gasteiger partial charge in [-0.1, -0.05) is 64.6 Å². The van der Waals surface area contributed by atoms with E-state index in [4.69, 9.17) is 51.7 Å². The minimum absolute atomic E-state index is 0.0259. The van der Waals surface area contributed by atoms with Crippen molar-refractivity contribution in [3.05, 3.63) is 73.2 Å². The molecule has 1 unspecified atom stereocenters. The van der Waals surface area contributed by atoms with Crippen molar-refractivity contribution in [1.29, 1.82) is 5.26 Å². The summed E-state index contributed by atoms with van der Waals surface area (Å²) in [5, 5.41) is 11.5. The standard InChI is InChI=1S/C21H13Cl4F3N2O/c22-15-7-11(1-3-13(15)19(31)30-20(10-29)5-6-20)2-4-14(21(26,27)28)12-8-16(23)18(25)17(24)9-12/h1-4,7-9,14H,5-6H2,(H,30,31)/b4-2+. The Kier molecular flexibility index (Phi) is 6.83. The van der Waals surface area contributed by atoms with Crippen LogP contribution in [0.15, 0.2) is 36.4 Å². The molecule has 0 radical (unpaired) electrons. The van der Waals surface area contributed by atoms with E-state index in [1.807, 2.05) is 6.07 Å². The van der Waals surface area contributed by atoms with Crippen LogP contribution in [0.2, 0.25) is 20.1 Å². The minimum Gasteiger partial charge on any atom is -0.334 e. The summed E-state index contributed by atoms with van der Waals surface area (Å²) in [6.45, 7) is 0. The third kappa shape index (κ3) is 5.48. The lowest BCUT2D eigenvalue weighted by atomic mass is 9.97. The van der Waals surface area contributed by atoms with Gasteiger partial charge in [0.1, 0.15) is 5.54 Å². The van der Waals surface area contributed by atoms with Gasteiger partial charge in [-0.2, -0.15) is 18.4 Å². The van der Waals surface area contributed by atoms with Crippen molar-refractivity contribution in [2.75, 3.05) is 0 Å². The molecule has 1 N–H and O–H groups in total. The number of nitrogens with zero attached hydrogens (tertiary/aromatic N) is 1. The average molecular weight is 508 g/mol. The van der Waals surface area contributed by atoms with Crippen LogP contribution < -0.4 is 5.32 Å². The summed E-state index contributed by atoms with van der Waals surface area (Å²) in [6, 6.07) is 8.48. The van der Waals surface area contributed by atoms with Crippen molar-refractivity contribution in [1.82, 2.24) is 5.32 Å². The highest BCUT2D eigenvalue weighted by Gasteiger charge is 2.45. The van der Waals surface area contributed by atoms with Crippen molar-refractivity contribution in [2.24, 2.45) is 0 Å². The molecule has 3 rings (SSSR count). The second-order valence-electron chi connectivity index (χ2n) is 7.06. The third-order valence-electron chi connectivity index (χ3n) is 4.75. The molecule has 1 amide bonds. The Hall–Kier alpha value is -1.91. The van der Waals surface area contributed by atoms with Crippen LogP contribution in [-0.2, 0) is 0 Å². The predicted octanol–water partition coefficient (Wildman–Crippen LogP) is 7.45. The monoisotopic (exact) mass is 506 g/mol. The fraction of sp³-hybridized carbons (Fsp3) is 0.238. The Morgan fingerprint density at radius 3 is 2.19 bits per heavy atom. The highest BCUT2D eigenvalue weighted by molar-refractivity contribution is 6.48. The van der Waals surface area contributed by atoms with E-state index >= 15 is 0 Å². The molecule has 0 aliphatic heterocycles. The van der Waals surface area contributed by atoms with Crippen LogP contribution in [0.3, 0.4) is 0 Å². The summed E-state index contributed by atoms with van der Waals surface area (Å²) in [5.41, 5.74) is -0.552. The van der Waals surface area contributed by atoms with Gasteiger partial charge in [-0.15, -0.1) is 0 Å². The maximum Gasteiger partial charge on any atom is 0.399 e. The Morgan fingerprint density at radius 2 is 1.71 bits per heavy atom. The molecule has 162 valence electrons. The average Bonchev–Trinajstić information content (AvgIpc) is 3.45. The summed E-state index contributed by atoms with van der Waals surface area (Å²) >= 11 is 23.7. The second-order valence-corrected chi connectivity index (χ2v) is 8.66. The van der Waals surface area contributed by atoms with E-state index in [1.54, 1.807) is 0 Å². The van der Waals surface area contributed by atoms with Crippen molar-refractivity contribution in [3.63, 3.8) is 0 Å². The molecule has 1 aliphatic rings. The first kappa shape index (κ1) is 23.7. The van der Waals surface area contributed by atoms with Gasteiger partial charge >= 0.3 is 6.18 Å². The molecule has 1 saturated carbocycles. The summed E-state index contributed by atoms with van der Waals surface area (Å²) in [5.74, 6) is -2.51. The fourth-order valence-corrected chi connectivity index (χ4v) is 3.75. The maximum absolute atomic E-state index is 13.6. The van der Waals surface area contributed by atoms with E-state index in [0.29, 0.717) is 18.4 Å². The molecule has 2 aromatic rings. The normalized spacial score (nSPS) is 16.1. The SMILES string of the molecule is N#CC1(NC(=O)c2ccc(/C=C/C(c3cc(Cl)c(Cl)c(Cl)c3)C(F)(F)F)cc2Cl)CC1. The summed E-state index contributed by atoms with van der Waals surface area (Å²) in [7, 11) is 0. The van der Waals surface area contributed by atoms with Gasteiger partial charge in [-0.05, 0) is 48.2 Å². The maximum atomic E-state index is 13.6. The lowest BCUT2D eigenvalue weighted by Crippen LogP contribution is -2.35. The molecule has 0 aromatic heterocycles. The molecular formula is C21H13Cl4F3N2O. The number of rotatable bonds is 5. The largest absolute Gasteiger partial charge is 0.399 e. The van der Waals surface area contributed by atoms with Gasteiger partial charge in [-0.3, -0.25) is 4.79 Å². The molecule has 0 bridgehead atoms. The fourth-order valence-electron chi connectivity index (χ4n) is 2.86. The summed E-state index contributed by atoms with van der Waals surface area (Å²) < 4.78 is 40.9. The smallest absolute Gasteiger partial charge is 0.334 e. The molecule has 2 aromatic carbocycles. The number of carbonyl (C=O) groups is 1. The molecular weight excluding hydrogens is 495 g/mol. The van der Waals surface area contributed by atoms with E-state index in [-0.39, 0.29) is 31.2 Å². The van der Waals surface area contributed by atoms with E-state index in [1.165, 1.54) is 24.3 Å². The van der Waals surface area contributed by atoms with Gasteiger partial charge in [-0.25, -0.2) is 0 Å². The Morgan fingerprint density at radius 1 is 1.10 bits per heavy atom. The number of allylic oxidation sites excluding steroid dienone is 1. The summed E-state index contributed by atoms with van der Waals surface area (Å²) in [6.07, 6.45) is -1.32. The molecule has 10 heteroatoms. The first-order chi connectivity index (χ1) is 14.5.